The van der Waals surface area contributed by atoms with Crippen LogP contribution in [0.4, 0.5) is 5.95 Å². The van der Waals surface area contributed by atoms with Crippen LogP contribution in [-0.2, 0) is 9.53 Å². The van der Waals surface area contributed by atoms with Crippen LogP contribution in [0.3, 0.4) is 0 Å². The van der Waals surface area contributed by atoms with Gasteiger partial charge in [-0.05, 0) is 50.0 Å². The highest BCUT2D eigenvalue weighted by molar-refractivity contribution is 5.79. The number of likely N-dealkylation sites (tertiary alicyclic amines) is 1. The average Bonchev–Trinajstić information content (AvgIpc) is 3.19. The van der Waals surface area contributed by atoms with Crippen molar-refractivity contribution in [1.29, 1.82) is 0 Å². The normalized spacial score (nSPS) is 26.2. The summed E-state index contributed by atoms with van der Waals surface area (Å²) < 4.78 is 5.39. The van der Waals surface area contributed by atoms with Gasteiger partial charge in [-0.25, -0.2) is 9.97 Å². The number of ether oxygens (including phenoxy) is 1. The van der Waals surface area contributed by atoms with Gasteiger partial charge in [0.1, 0.15) is 0 Å². The number of piperidine rings is 1. The Balaban J connectivity index is 1.27. The molecule has 6 nitrogen and oxygen atoms in total. The summed E-state index contributed by atoms with van der Waals surface area (Å²) in [7, 11) is 0. The monoisotopic (exact) mass is 344 g/mol. The third kappa shape index (κ3) is 3.78. The molecule has 0 aliphatic carbocycles. The number of hydrogen-bond acceptors (Lipinski definition) is 5. The first kappa shape index (κ1) is 16.8. The van der Waals surface area contributed by atoms with Crippen LogP contribution in [0, 0.1) is 17.8 Å². The molecule has 1 atom stereocenters. The molecule has 1 amide bonds. The molecule has 4 heterocycles. The first-order valence-electron chi connectivity index (χ1n) is 9.70. The number of aromatic nitrogens is 2. The lowest BCUT2D eigenvalue weighted by Crippen LogP contribution is -2.39. The fourth-order valence-electron chi connectivity index (χ4n) is 4.60. The molecular weight excluding hydrogens is 316 g/mol. The molecule has 0 saturated carbocycles. The van der Waals surface area contributed by atoms with Gasteiger partial charge >= 0.3 is 0 Å². The van der Waals surface area contributed by atoms with Crippen LogP contribution in [-0.4, -0.2) is 60.2 Å². The van der Waals surface area contributed by atoms with E-state index in [1.165, 1.54) is 19.3 Å². The molecule has 1 unspecified atom stereocenters. The minimum absolute atomic E-state index is 0.199. The van der Waals surface area contributed by atoms with Gasteiger partial charge in [-0.2, -0.15) is 0 Å². The molecule has 0 spiro atoms. The lowest BCUT2D eigenvalue weighted by molar-refractivity contribution is -0.137. The summed E-state index contributed by atoms with van der Waals surface area (Å²) in [6.07, 6.45) is 8.95. The zero-order valence-electron chi connectivity index (χ0n) is 14.8. The second-order valence-electron chi connectivity index (χ2n) is 7.59. The molecule has 0 bridgehead atoms. The molecule has 1 aromatic heterocycles. The van der Waals surface area contributed by atoms with Gasteiger partial charge in [0.25, 0.3) is 0 Å². The molecule has 3 saturated heterocycles. The van der Waals surface area contributed by atoms with E-state index >= 15 is 0 Å². The van der Waals surface area contributed by atoms with Crippen molar-refractivity contribution in [3.05, 3.63) is 18.5 Å². The third-order valence-electron chi connectivity index (χ3n) is 6.15. The van der Waals surface area contributed by atoms with Gasteiger partial charge in [0.15, 0.2) is 0 Å². The Kier molecular flexibility index (Phi) is 5.15. The van der Waals surface area contributed by atoms with E-state index in [0.29, 0.717) is 11.8 Å². The van der Waals surface area contributed by atoms with Gasteiger partial charge in [0.05, 0.1) is 0 Å². The van der Waals surface area contributed by atoms with E-state index in [0.717, 1.165) is 64.1 Å². The van der Waals surface area contributed by atoms with Crippen molar-refractivity contribution in [2.75, 3.05) is 44.3 Å². The van der Waals surface area contributed by atoms with Gasteiger partial charge in [0, 0.05) is 57.7 Å². The summed E-state index contributed by atoms with van der Waals surface area (Å²) in [5.41, 5.74) is 0. The highest BCUT2D eigenvalue weighted by Crippen LogP contribution is 2.33. The molecule has 6 heteroatoms. The van der Waals surface area contributed by atoms with E-state index in [2.05, 4.69) is 19.8 Å². The van der Waals surface area contributed by atoms with E-state index in [-0.39, 0.29) is 5.92 Å². The fraction of sp³-hybridized carbons (Fsp3) is 0.737. The number of hydrogen-bond donors (Lipinski definition) is 0. The van der Waals surface area contributed by atoms with Gasteiger partial charge in [0.2, 0.25) is 11.9 Å². The number of carbonyl (C=O) groups is 1. The lowest BCUT2D eigenvalue weighted by atomic mass is 9.84. The van der Waals surface area contributed by atoms with Gasteiger partial charge in [-0.15, -0.1) is 0 Å². The summed E-state index contributed by atoms with van der Waals surface area (Å²) in [5, 5.41) is 0. The Morgan fingerprint density at radius 3 is 2.36 bits per heavy atom. The van der Waals surface area contributed by atoms with Crippen molar-refractivity contribution in [1.82, 2.24) is 14.9 Å². The fourth-order valence-corrected chi connectivity index (χ4v) is 4.60. The summed E-state index contributed by atoms with van der Waals surface area (Å²) in [4.78, 5) is 25.9. The third-order valence-corrected chi connectivity index (χ3v) is 6.15. The minimum Gasteiger partial charge on any atom is -0.381 e. The predicted octanol–water partition coefficient (Wildman–Crippen LogP) is 1.97. The van der Waals surface area contributed by atoms with E-state index in [4.69, 9.17) is 4.74 Å². The van der Waals surface area contributed by atoms with Crippen LogP contribution in [0.25, 0.3) is 0 Å². The number of carbonyl (C=O) groups excluding carboxylic acids is 1. The maximum atomic E-state index is 12.7. The Morgan fingerprint density at radius 1 is 0.960 bits per heavy atom. The van der Waals surface area contributed by atoms with Crippen LogP contribution < -0.4 is 4.90 Å². The van der Waals surface area contributed by atoms with Gasteiger partial charge < -0.3 is 14.5 Å². The Morgan fingerprint density at radius 2 is 1.64 bits per heavy atom. The van der Waals surface area contributed by atoms with E-state index in [1.807, 2.05) is 18.5 Å². The molecule has 25 heavy (non-hydrogen) atoms. The van der Waals surface area contributed by atoms with Crippen molar-refractivity contribution >= 4 is 11.9 Å². The summed E-state index contributed by atoms with van der Waals surface area (Å²) in [6, 6.07) is 1.86. The molecule has 0 radical (unpaired) electrons. The Hall–Kier alpha value is -1.69. The maximum Gasteiger partial charge on any atom is 0.225 e. The maximum absolute atomic E-state index is 12.7. The number of anilines is 1. The van der Waals surface area contributed by atoms with Crippen LogP contribution in [0.1, 0.15) is 32.1 Å². The smallest absolute Gasteiger partial charge is 0.225 e. The largest absolute Gasteiger partial charge is 0.381 e. The molecule has 3 aliphatic rings. The molecule has 4 rings (SSSR count). The van der Waals surface area contributed by atoms with Crippen LogP contribution in [0.5, 0.6) is 0 Å². The van der Waals surface area contributed by atoms with Crippen molar-refractivity contribution in [2.24, 2.45) is 17.8 Å². The van der Waals surface area contributed by atoms with Crippen LogP contribution >= 0.6 is 0 Å². The topological polar surface area (TPSA) is 58.6 Å². The van der Waals surface area contributed by atoms with Gasteiger partial charge in [-0.1, -0.05) is 0 Å². The van der Waals surface area contributed by atoms with Crippen molar-refractivity contribution in [2.45, 2.75) is 32.1 Å². The van der Waals surface area contributed by atoms with E-state index in [9.17, 15) is 4.79 Å². The molecule has 3 aliphatic heterocycles. The van der Waals surface area contributed by atoms with Gasteiger partial charge in [-0.3, -0.25) is 4.79 Å². The first-order valence-corrected chi connectivity index (χ1v) is 9.70. The van der Waals surface area contributed by atoms with E-state index < -0.39 is 0 Å². The number of nitrogens with zero attached hydrogens (tertiary/aromatic N) is 4. The van der Waals surface area contributed by atoms with Crippen molar-refractivity contribution in [3.8, 4) is 0 Å². The van der Waals surface area contributed by atoms with Crippen molar-refractivity contribution in [3.63, 3.8) is 0 Å². The van der Waals surface area contributed by atoms with Crippen LogP contribution in [0.15, 0.2) is 18.5 Å². The summed E-state index contributed by atoms with van der Waals surface area (Å²) in [6.45, 7) is 5.45. The second-order valence-corrected chi connectivity index (χ2v) is 7.59. The molecule has 136 valence electrons. The lowest BCUT2D eigenvalue weighted by Gasteiger charge is -2.35. The van der Waals surface area contributed by atoms with E-state index in [1.54, 1.807) is 0 Å². The first-order chi connectivity index (χ1) is 12.3. The van der Waals surface area contributed by atoms with Crippen molar-refractivity contribution < 1.29 is 9.53 Å². The number of rotatable bonds is 3. The molecule has 3 fully saturated rings. The highest BCUT2D eigenvalue weighted by Gasteiger charge is 2.36. The summed E-state index contributed by atoms with van der Waals surface area (Å²) in [5.74, 6) is 2.82. The summed E-state index contributed by atoms with van der Waals surface area (Å²) >= 11 is 0. The zero-order valence-corrected chi connectivity index (χ0v) is 14.8. The SMILES string of the molecule is O=C(C1CCOCC1)N1CCC(C2CCN(c3ncccn3)CC2)C1. The Bertz CT molecular complexity index is 568. The number of amides is 1. The molecular formula is C19H28N4O2. The minimum atomic E-state index is 0.199. The van der Waals surface area contributed by atoms with Crippen LogP contribution in [0.2, 0.25) is 0 Å². The highest BCUT2D eigenvalue weighted by atomic mass is 16.5. The molecule has 0 aromatic carbocycles. The molecule has 0 N–H and O–H groups in total. The standard InChI is InChI=1S/C19H28N4O2/c24-18(16-5-12-25-13-6-16)23-11-4-17(14-23)15-2-9-22(10-3-15)19-20-7-1-8-21-19/h1,7-8,15-17H,2-6,9-14H2. The zero-order chi connectivity index (χ0) is 17.1. The Labute approximate surface area is 149 Å². The predicted molar refractivity (Wildman–Crippen MR) is 95.2 cm³/mol. The average molecular weight is 344 g/mol. The quantitative estimate of drug-likeness (QED) is 0.839. The molecule has 1 aromatic rings. The second kappa shape index (κ2) is 7.68.